The maximum atomic E-state index is 13.2. The number of amides is 1. The summed E-state index contributed by atoms with van der Waals surface area (Å²) in [6.07, 6.45) is 3.59. The van der Waals surface area contributed by atoms with Crippen LogP contribution < -0.4 is 0 Å². The zero-order valence-electron chi connectivity index (χ0n) is 17.0. The van der Waals surface area contributed by atoms with Crippen LogP contribution in [0.4, 0.5) is 0 Å². The van der Waals surface area contributed by atoms with Gasteiger partial charge in [0, 0.05) is 48.8 Å². The van der Waals surface area contributed by atoms with Gasteiger partial charge in [-0.3, -0.25) is 9.59 Å². The second-order valence-corrected chi connectivity index (χ2v) is 8.29. The Balaban J connectivity index is 1.52. The van der Waals surface area contributed by atoms with Crippen LogP contribution in [0.5, 0.6) is 0 Å². The number of Topliss-reactive ketones (excluding diaryl/α,β-unsaturated/α-hetero) is 1. The number of ether oxygens (including phenoxy) is 1. The molecule has 1 amide bonds. The molecule has 150 valence electrons. The molecule has 1 unspecified atom stereocenters. The van der Waals surface area contributed by atoms with Crippen molar-refractivity contribution in [2.24, 2.45) is 0 Å². The van der Waals surface area contributed by atoms with Crippen molar-refractivity contribution in [1.29, 1.82) is 0 Å². The average Bonchev–Trinajstić information content (AvgIpc) is 3.07. The number of para-hydroxylation sites is 1. The van der Waals surface area contributed by atoms with Crippen LogP contribution in [0.15, 0.2) is 30.5 Å². The number of likely N-dealkylation sites (tertiary alicyclic amines) is 1. The van der Waals surface area contributed by atoms with Gasteiger partial charge in [-0.05, 0) is 39.8 Å². The minimum Gasteiger partial charge on any atom is -0.372 e. The first kappa shape index (κ1) is 19.2. The molecule has 28 heavy (non-hydrogen) atoms. The Morgan fingerprint density at radius 3 is 2.54 bits per heavy atom. The Morgan fingerprint density at radius 2 is 1.86 bits per heavy atom. The second kappa shape index (κ2) is 7.33. The number of carbonyl (C=O) groups excluding carboxylic acids is 2. The van der Waals surface area contributed by atoms with Gasteiger partial charge in [0.05, 0.1) is 12.2 Å². The number of hydrogen-bond acceptors (Lipinski definition) is 4. The number of likely N-dealkylation sites (N-methyl/N-ethyl adjacent to an activating group) is 1. The first-order valence-corrected chi connectivity index (χ1v) is 10.1. The summed E-state index contributed by atoms with van der Waals surface area (Å²) < 4.78 is 8.06. The summed E-state index contributed by atoms with van der Waals surface area (Å²) in [6.45, 7) is 7.61. The summed E-state index contributed by atoms with van der Waals surface area (Å²) >= 11 is 0. The predicted molar refractivity (Wildman–Crippen MR) is 109 cm³/mol. The summed E-state index contributed by atoms with van der Waals surface area (Å²) in [7, 11) is 2.13. The molecule has 2 fully saturated rings. The molecule has 3 heterocycles. The minimum absolute atomic E-state index is 0.0214. The van der Waals surface area contributed by atoms with E-state index < -0.39 is 0 Å². The Kier molecular flexibility index (Phi) is 5.02. The third-order valence-electron chi connectivity index (χ3n) is 6.32. The smallest absolute Gasteiger partial charge is 0.245 e. The Hall–Kier alpha value is -2.18. The number of piperidine rings is 1. The van der Waals surface area contributed by atoms with Crippen LogP contribution in [-0.4, -0.2) is 71.5 Å². The highest BCUT2D eigenvalue weighted by Gasteiger charge is 2.40. The molecule has 0 N–H and O–H groups in total. The number of hydrogen-bond donors (Lipinski definition) is 0. The highest BCUT2D eigenvalue weighted by Crippen LogP contribution is 2.31. The second-order valence-electron chi connectivity index (χ2n) is 8.29. The molecule has 6 nitrogen and oxygen atoms in total. The largest absolute Gasteiger partial charge is 0.372 e. The van der Waals surface area contributed by atoms with Crippen LogP contribution in [0.2, 0.25) is 0 Å². The number of rotatable bonds is 3. The van der Waals surface area contributed by atoms with Gasteiger partial charge in [-0.1, -0.05) is 18.2 Å². The van der Waals surface area contributed by atoms with Gasteiger partial charge >= 0.3 is 0 Å². The first-order valence-electron chi connectivity index (χ1n) is 10.1. The van der Waals surface area contributed by atoms with Crippen LogP contribution in [0.1, 0.15) is 43.1 Å². The van der Waals surface area contributed by atoms with Crippen molar-refractivity contribution >= 4 is 22.6 Å². The lowest BCUT2D eigenvalue weighted by molar-refractivity contribution is -0.150. The lowest BCUT2D eigenvalue weighted by Crippen LogP contribution is -2.57. The fraction of sp³-hybridized carbons (Fsp3) is 0.545. The van der Waals surface area contributed by atoms with Crippen LogP contribution in [0.3, 0.4) is 0 Å². The molecule has 0 aliphatic carbocycles. The molecule has 0 saturated carbocycles. The average molecular weight is 383 g/mol. The molecule has 1 aromatic carbocycles. The van der Waals surface area contributed by atoms with E-state index in [1.54, 1.807) is 6.92 Å². The summed E-state index contributed by atoms with van der Waals surface area (Å²) in [5, 5.41) is 0.908. The molecular weight excluding hydrogens is 354 g/mol. The van der Waals surface area contributed by atoms with Crippen molar-refractivity contribution in [2.45, 2.75) is 38.3 Å². The SMILES string of the molecule is CC(=O)c1cn(C(C)C(=O)N2CCC3(CC2)CN(C)CCO3)c2ccccc12. The van der Waals surface area contributed by atoms with Crippen molar-refractivity contribution in [3.63, 3.8) is 0 Å². The standard InChI is InChI=1S/C22H29N3O3/c1-16(25-14-19(17(2)26)18-6-4-5-7-20(18)25)21(27)24-10-8-22(9-11-24)15-23(3)12-13-28-22/h4-7,14,16H,8-13,15H2,1-3H3. The van der Waals surface area contributed by atoms with Gasteiger partial charge in [-0.2, -0.15) is 0 Å². The molecule has 2 aromatic rings. The van der Waals surface area contributed by atoms with E-state index in [9.17, 15) is 9.59 Å². The number of ketones is 1. The van der Waals surface area contributed by atoms with E-state index in [2.05, 4.69) is 11.9 Å². The first-order chi connectivity index (χ1) is 13.4. The van der Waals surface area contributed by atoms with Crippen molar-refractivity contribution in [3.05, 3.63) is 36.0 Å². The summed E-state index contributed by atoms with van der Waals surface area (Å²) in [4.78, 5) is 29.5. The van der Waals surface area contributed by atoms with Crippen molar-refractivity contribution in [3.8, 4) is 0 Å². The molecule has 1 aromatic heterocycles. The highest BCUT2D eigenvalue weighted by molar-refractivity contribution is 6.07. The monoisotopic (exact) mass is 383 g/mol. The lowest BCUT2D eigenvalue weighted by Gasteiger charge is -2.46. The predicted octanol–water partition coefficient (Wildman–Crippen LogP) is 2.73. The van der Waals surface area contributed by atoms with E-state index in [-0.39, 0.29) is 23.3 Å². The molecule has 4 rings (SSSR count). The number of nitrogens with zero attached hydrogens (tertiary/aromatic N) is 3. The molecule has 0 bridgehead atoms. The fourth-order valence-electron chi connectivity index (χ4n) is 4.66. The van der Waals surface area contributed by atoms with Crippen LogP contribution in [0.25, 0.3) is 10.9 Å². The third-order valence-corrected chi connectivity index (χ3v) is 6.32. The molecule has 2 aliphatic heterocycles. The minimum atomic E-state index is -0.345. The van der Waals surface area contributed by atoms with Crippen LogP contribution >= 0.6 is 0 Å². The number of benzene rings is 1. The summed E-state index contributed by atoms with van der Waals surface area (Å²) in [6, 6.07) is 7.45. The van der Waals surface area contributed by atoms with Crippen molar-refractivity contribution < 1.29 is 14.3 Å². The number of carbonyl (C=O) groups is 2. The summed E-state index contributed by atoms with van der Waals surface area (Å²) in [5.74, 6) is 0.128. The van der Waals surface area contributed by atoms with Crippen molar-refractivity contribution in [1.82, 2.24) is 14.4 Å². The highest BCUT2D eigenvalue weighted by atomic mass is 16.5. The molecule has 0 radical (unpaired) electrons. The lowest BCUT2D eigenvalue weighted by atomic mass is 9.89. The van der Waals surface area contributed by atoms with E-state index in [1.165, 1.54) is 0 Å². The number of aromatic nitrogens is 1. The van der Waals surface area contributed by atoms with Gasteiger partial charge in [0.25, 0.3) is 0 Å². The zero-order chi connectivity index (χ0) is 19.9. The van der Waals surface area contributed by atoms with E-state index >= 15 is 0 Å². The van der Waals surface area contributed by atoms with E-state index in [1.807, 2.05) is 46.9 Å². The van der Waals surface area contributed by atoms with E-state index in [0.717, 1.165) is 56.5 Å². The third kappa shape index (κ3) is 3.35. The Morgan fingerprint density at radius 1 is 1.14 bits per heavy atom. The number of fused-ring (bicyclic) bond motifs is 1. The van der Waals surface area contributed by atoms with Gasteiger partial charge in [0.15, 0.2) is 5.78 Å². The topological polar surface area (TPSA) is 54.8 Å². The van der Waals surface area contributed by atoms with Crippen molar-refractivity contribution in [2.75, 3.05) is 39.8 Å². The van der Waals surface area contributed by atoms with Gasteiger partial charge in [-0.15, -0.1) is 0 Å². The maximum Gasteiger partial charge on any atom is 0.245 e. The Labute approximate surface area is 166 Å². The molecule has 2 aliphatic rings. The molecular formula is C22H29N3O3. The van der Waals surface area contributed by atoms with Gasteiger partial charge in [-0.25, -0.2) is 0 Å². The van der Waals surface area contributed by atoms with Crippen LogP contribution in [-0.2, 0) is 9.53 Å². The zero-order valence-corrected chi connectivity index (χ0v) is 17.0. The fourth-order valence-corrected chi connectivity index (χ4v) is 4.66. The quantitative estimate of drug-likeness (QED) is 0.765. The van der Waals surface area contributed by atoms with Gasteiger partial charge < -0.3 is 19.1 Å². The van der Waals surface area contributed by atoms with Gasteiger partial charge in [0.1, 0.15) is 6.04 Å². The molecule has 6 heteroatoms. The van der Waals surface area contributed by atoms with Crippen LogP contribution in [0, 0.1) is 0 Å². The number of morpholine rings is 1. The van der Waals surface area contributed by atoms with Gasteiger partial charge in [0.2, 0.25) is 5.91 Å². The summed E-state index contributed by atoms with van der Waals surface area (Å²) in [5.41, 5.74) is 1.50. The molecule has 2 saturated heterocycles. The van der Waals surface area contributed by atoms with E-state index in [4.69, 9.17) is 4.74 Å². The Bertz CT molecular complexity index is 896. The maximum absolute atomic E-state index is 13.2. The van der Waals surface area contributed by atoms with E-state index in [0.29, 0.717) is 5.56 Å². The molecule has 1 atom stereocenters. The normalized spacial score (nSPS) is 21.2. The molecule has 1 spiro atoms.